The zero-order valence-corrected chi connectivity index (χ0v) is 19.9. The standard InChI is InChI=1S/C27H29N3O3/c1-16(2)30-23-12-11-19(13-20(23)18(4)15-27(30,5)6)14-21-24(31)28-26(33)29(25(21)32)22-10-8-7-9-17(22)3/h7-16H,1-6H3,(H,28,31,33)/b21-14+. The van der Waals surface area contributed by atoms with Gasteiger partial charge in [0.2, 0.25) is 0 Å². The number of fused-ring (bicyclic) bond motifs is 1. The molecule has 33 heavy (non-hydrogen) atoms. The molecule has 2 aromatic rings. The number of urea groups is 1. The van der Waals surface area contributed by atoms with Crippen LogP contribution in [0.25, 0.3) is 11.6 Å². The molecule has 0 spiro atoms. The second kappa shape index (κ2) is 8.03. The largest absolute Gasteiger partial charge is 0.360 e. The zero-order chi connectivity index (χ0) is 24.1. The summed E-state index contributed by atoms with van der Waals surface area (Å²) in [6.45, 7) is 12.6. The number of nitrogens with zero attached hydrogens (tertiary/aromatic N) is 2. The number of aryl methyl sites for hydroxylation is 1. The molecule has 4 amide bonds. The highest BCUT2D eigenvalue weighted by molar-refractivity contribution is 6.39. The lowest BCUT2D eigenvalue weighted by Crippen LogP contribution is -2.54. The highest BCUT2D eigenvalue weighted by Crippen LogP contribution is 2.40. The van der Waals surface area contributed by atoms with Crippen molar-refractivity contribution in [2.24, 2.45) is 0 Å². The van der Waals surface area contributed by atoms with Crippen LogP contribution in [-0.2, 0) is 9.59 Å². The van der Waals surface area contributed by atoms with Gasteiger partial charge in [-0.25, -0.2) is 9.69 Å². The summed E-state index contributed by atoms with van der Waals surface area (Å²) in [5.74, 6) is -1.32. The smallest absolute Gasteiger partial charge is 0.335 e. The number of benzene rings is 2. The highest BCUT2D eigenvalue weighted by atomic mass is 16.2. The number of hydrogen-bond acceptors (Lipinski definition) is 4. The van der Waals surface area contributed by atoms with E-state index in [9.17, 15) is 14.4 Å². The molecular formula is C27H29N3O3. The Kier molecular flexibility index (Phi) is 5.48. The predicted molar refractivity (Wildman–Crippen MR) is 132 cm³/mol. The Bertz CT molecular complexity index is 1240. The van der Waals surface area contributed by atoms with E-state index in [4.69, 9.17) is 0 Å². The number of amides is 4. The highest BCUT2D eigenvalue weighted by Gasteiger charge is 2.38. The Morgan fingerprint density at radius 2 is 1.67 bits per heavy atom. The van der Waals surface area contributed by atoms with Crippen molar-refractivity contribution in [2.45, 2.75) is 53.1 Å². The van der Waals surface area contributed by atoms with Crippen LogP contribution in [0.2, 0.25) is 0 Å². The molecule has 0 unspecified atom stereocenters. The minimum absolute atomic E-state index is 0.0729. The molecule has 2 aliphatic heterocycles. The number of barbiturate groups is 1. The summed E-state index contributed by atoms with van der Waals surface area (Å²) in [6, 6.07) is 12.6. The molecule has 2 aliphatic rings. The molecule has 0 radical (unpaired) electrons. The molecule has 4 rings (SSSR count). The number of anilines is 2. The molecule has 1 saturated heterocycles. The molecule has 0 aromatic heterocycles. The van der Waals surface area contributed by atoms with Gasteiger partial charge >= 0.3 is 6.03 Å². The normalized spacial score (nSPS) is 19.1. The van der Waals surface area contributed by atoms with Gasteiger partial charge in [-0.3, -0.25) is 14.9 Å². The summed E-state index contributed by atoms with van der Waals surface area (Å²) in [7, 11) is 0. The topological polar surface area (TPSA) is 69.7 Å². The maximum Gasteiger partial charge on any atom is 0.335 e. The van der Waals surface area contributed by atoms with Crippen LogP contribution in [0.5, 0.6) is 0 Å². The number of imide groups is 2. The van der Waals surface area contributed by atoms with Gasteiger partial charge in [0, 0.05) is 17.3 Å². The lowest BCUT2D eigenvalue weighted by Gasteiger charge is -2.46. The molecular weight excluding hydrogens is 414 g/mol. The number of para-hydroxylation sites is 1. The molecule has 170 valence electrons. The molecule has 0 atom stereocenters. The third-order valence-electron chi connectivity index (χ3n) is 6.18. The summed E-state index contributed by atoms with van der Waals surface area (Å²) in [6.07, 6.45) is 3.80. The van der Waals surface area contributed by atoms with Gasteiger partial charge in [-0.15, -0.1) is 0 Å². The fourth-order valence-corrected chi connectivity index (χ4v) is 4.96. The molecule has 6 nitrogen and oxygen atoms in total. The summed E-state index contributed by atoms with van der Waals surface area (Å²) >= 11 is 0. The Labute approximate surface area is 194 Å². The Morgan fingerprint density at radius 3 is 2.33 bits per heavy atom. The van der Waals surface area contributed by atoms with Crippen molar-refractivity contribution in [1.82, 2.24) is 5.32 Å². The molecule has 1 N–H and O–H groups in total. The van der Waals surface area contributed by atoms with Gasteiger partial charge in [0.1, 0.15) is 5.57 Å². The van der Waals surface area contributed by atoms with E-state index in [2.05, 4.69) is 50.9 Å². The second-order valence-corrected chi connectivity index (χ2v) is 9.47. The maximum absolute atomic E-state index is 13.2. The lowest BCUT2D eigenvalue weighted by molar-refractivity contribution is -0.122. The van der Waals surface area contributed by atoms with Gasteiger partial charge in [-0.1, -0.05) is 30.3 Å². The van der Waals surface area contributed by atoms with Crippen molar-refractivity contribution in [1.29, 1.82) is 0 Å². The lowest BCUT2D eigenvalue weighted by atomic mass is 9.86. The summed E-state index contributed by atoms with van der Waals surface area (Å²) in [4.78, 5) is 41.7. The minimum Gasteiger partial charge on any atom is -0.360 e. The van der Waals surface area contributed by atoms with Gasteiger partial charge in [0.25, 0.3) is 11.8 Å². The Balaban J connectivity index is 1.77. The van der Waals surface area contributed by atoms with Crippen molar-refractivity contribution >= 4 is 40.9 Å². The van der Waals surface area contributed by atoms with E-state index >= 15 is 0 Å². The van der Waals surface area contributed by atoms with Crippen LogP contribution in [-0.4, -0.2) is 29.4 Å². The molecule has 0 saturated carbocycles. The summed E-state index contributed by atoms with van der Waals surface area (Å²) in [5.41, 5.74) is 5.07. The number of rotatable bonds is 3. The van der Waals surface area contributed by atoms with Crippen LogP contribution in [0.15, 0.2) is 54.1 Å². The average molecular weight is 444 g/mol. The number of nitrogens with one attached hydrogen (secondary N) is 1. The number of carbonyl (C=O) groups is 3. The third-order valence-corrected chi connectivity index (χ3v) is 6.18. The van der Waals surface area contributed by atoms with Crippen molar-refractivity contribution in [3.8, 4) is 0 Å². The van der Waals surface area contributed by atoms with E-state index in [1.54, 1.807) is 18.2 Å². The third kappa shape index (κ3) is 3.86. The monoisotopic (exact) mass is 443 g/mol. The number of carbonyl (C=O) groups excluding carboxylic acids is 3. The number of hydrogen-bond donors (Lipinski definition) is 1. The summed E-state index contributed by atoms with van der Waals surface area (Å²) < 4.78 is 0. The fourth-order valence-electron chi connectivity index (χ4n) is 4.96. The Hall–Kier alpha value is -3.67. The van der Waals surface area contributed by atoms with Crippen LogP contribution >= 0.6 is 0 Å². The van der Waals surface area contributed by atoms with Crippen molar-refractivity contribution in [3.63, 3.8) is 0 Å². The van der Waals surface area contributed by atoms with Crippen molar-refractivity contribution in [3.05, 3.63) is 70.8 Å². The fraction of sp³-hybridized carbons (Fsp3) is 0.296. The second-order valence-electron chi connectivity index (χ2n) is 9.47. The molecule has 2 heterocycles. The van der Waals surface area contributed by atoms with E-state index < -0.39 is 17.8 Å². The first-order chi connectivity index (χ1) is 15.5. The SMILES string of the molecule is CC1=CC(C)(C)N(C(C)C)c2ccc(/C=C3\C(=O)NC(=O)N(c4ccccc4C)C3=O)cc21. The first-order valence-corrected chi connectivity index (χ1v) is 11.1. The van der Waals surface area contributed by atoms with E-state index in [1.807, 2.05) is 37.3 Å². The Morgan fingerprint density at radius 1 is 0.970 bits per heavy atom. The van der Waals surface area contributed by atoms with Gasteiger partial charge < -0.3 is 4.90 Å². The van der Waals surface area contributed by atoms with E-state index in [1.165, 1.54) is 0 Å². The summed E-state index contributed by atoms with van der Waals surface area (Å²) in [5, 5.41) is 2.30. The van der Waals surface area contributed by atoms with Crippen molar-refractivity contribution in [2.75, 3.05) is 9.80 Å². The predicted octanol–water partition coefficient (Wildman–Crippen LogP) is 5.07. The van der Waals surface area contributed by atoms with Crippen LogP contribution in [0.1, 0.15) is 51.3 Å². The van der Waals surface area contributed by atoms with Gasteiger partial charge in [-0.05, 0) is 82.5 Å². The van der Waals surface area contributed by atoms with Crippen molar-refractivity contribution < 1.29 is 14.4 Å². The molecule has 2 aromatic carbocycles. The number of allylic oxidation sites excluding steroid dienone is 1. The van der Waals surface area contributed by atoms with E-state index in [-0.39, 0.29) is 11.1 Å². The average Bonchev–Trinajstić information content (AvgIpc) is 2.71. The molecule has 1 fully saturated rings. The quantitative estimate of drug-likeness (QED) is 0.531. The van der Waals surface area contributed by atoms with E-state index in [0.717, 1.165) is 32.9 Å². The van der Waals surface area contributed by atoms with Crippen LogP contribution in [0.4, 0.5) is 16.2 Å². The zero-order valence-electron chi connectivity index (χ0n) is 19.9. The van der Waals surface area contributed by atoms with Crippen LogP contribution in [0.3, 0.4) is 0 Å². The minimum atomic E-state index is -0.740. The van der Waals surface area contributed by atoms with Gasteiger partial charge in [0.15, 0.2) is 0 Å². The van der Waals surface area contributed by atoms with Gasteiger partial charge in [-0.2, -0.15) is 0 Å². The first kappa shape index (κ1) is 22.5. The maximum atomic E-state index is 13.2. The molecule has 0 aliphatic carbocycles. The van der Waals surface area contributed by atoms with Crippen LogP contribution in [0, 0.1) is 6.92 Å². The van der Waals surface area contributed by atoms with E-state index in [0.29, 0.717) is 11.7 Å². The molecule has 0 bridgehead atoms. The van der Waals surface area contributed by atoms with Gasteiger partial charge in [0.05, 0.1) is 11.2 Å². The van der Waals surface area contributed by atoms with Crippen LogP contribution < -0.4 is 15.1 Å². The first-order valence-electron chi connectivity index (χ1n) is 11.1. The molecule has 6 heteroatoms.